The zero-order valence-corrected chi connectivity index (χ0v) is 16.7. The number of aryl methyl sites for hydroxylation is 2. The van der Waals surface area contributed by atoms with Crippen LogP contribution in [0.4, 0.5) is 5.69 Å². The average Bonchev–Trinajstić information content (AvgIpc) is 2.93. The van der Waals surface area contributed by atoms with Crippen LogP contribution >= 0.6 is 12.2 Å². The fourth-order valence-electron chi connectivity index (χ4n) is 3.60. The monoisotopic (exact) mass is 394 g/mol. The van der Waals surface area contributed by atoms with Gasteiger partial charge in [0, 0.05) is 11.8 Å². The number of aromatic amines is 1. The molecule has 4 rings (SSSR count). The van der Waals surface area contributed by atoms with Crippen molar-refractivity contribution in [3.8, 4) is 28.6 Å². The molecule has 2 heterocycles. The maximum absolute atomic E-state index is 10.4. The Hall–Kier alpha value is -2.93. The molecule has 0 bridgehead atoms. The van der Waals surface area contributed by atoms with Gasteiger partial charge in [-0.2, -0.15) is 5.10 Å². The Bertz CT molecular complexity index is 1140. The highest BCUT2D eigenvalue weighted by molar-refractivity contribution is 7.71. The molecule has 0 radical (unpaired) electrons. The van der Waals surface area contributed by atoms with Crippen molar-refractivity contribution >= 4 is 23.6 Å². The molecule has 1 aliphatic rings. The van der Waals surface area contributed by atoms with Gasteiger partial charge in [-0.05, 0) is 74.2 Å². The number of aromatic nitrogens is 3. The summed E-state index contributed by atoms with van der Waals surface area (Å²) in [6, 6.07) is 9.19. The summed E-state index contributed by atoms with van der Waals surface area (Å²) >= 11 is 5.47. The predicted octanol–water partition coefficient (Wildman–Crippen LogP) is 5.00. The maximum atomic E-state index is 10.4. The van der Waals surface area contributed by atoms with Crippen LogP contribution in [0.3, 0.4) is 0 Å². The number of H-pyrrole nitrogens is 1. The fraction of sp³-hybridized carbons (Fsp3) is 0.286. The first-order valence-corrected chi connectivity index (χ1v) is 9.79. The number of hydrogen-bond acceptors (Lipinski definition) is 5. The summed E-state index contributed by atoms with van der Waals surface area (Å²) in [4.78, 5) is 4.75. The topological polar surface area (TPSA) is 86.4 Å². The van der Waals surface area contributed by atoms with E-state index in [1.807, 2.05) is 19.1 Å². The first-order valence-electron chi connectivity index (χ1n) is 9.38. The molecule has 3 N–H and O–H groups in total. The second-order valence-electron chi connectivity index (χ2n) is 7.05. The van der Waals surface area contributed by atoms with Crippen molar-refractivity contribution in [2.45, 2.75) is 39.5 Å². The predicted molar refractivity (Wildman–Crippen MR) is 113 cm³/mol. The molecule has 144 valence electrons. The molecule has 6 nitrogen and oxygen atoms in total. The highest BCUT2D eigenvalue weighted by Gasteiger charge is 2.18. The van der Waals surface area contributed by atoms with Crippen LogP contribution in [0.1, 0.15) is 37.8 Å². The van der Waals surface area contributed by atoms with Gasteiger partial charge in [0.1, 0.15) is 11.5 Å². The summed E-state index contributed by atoms with van der Waals surface area (Å²) in [5, 5.41) is 27.6. The Kier molecular flexibility index (Phi) is 4.77. The van der Waals surface area contributed by atoms with Crippen molar-refractivity contribution in [1.29, 1.82) is 0 Å². The first kappa shape index (κ1) is 18.4. The molecule has 0 atom stereocenters. The van der Waals surface area contributed by atoms with Crippen molar-refractivity contribution in [3.63, 3.8) is 0 Å². The van der Waals surface area contributed by atoms with Crippen molar-refractivity contribution in [2.24, 2.45) is 4.99 Å². The Balaban J connectivity index is 1.90. The van der Waals surface area contributed by atoms with Crippen molar-refractivity contribution in [3.05, 3.63) is 46.2 Å². The lowest BCUT2D eigenvalue weighted by Gasteiger charge is -2.12. The molecular weight excluding hydrogens is 372 g/mol. The molecule has 0 saturated carbocycles. The van der Waals surface area contributed by atoms with Crippen LogP contribution in [0.5, 0.6) is 11.5 Å². The lowest BCUT2D eigenvalue weighted by atomic mass is 10.0. The highest BCUT2D eigenvalue weighted by Crippen LogP contribution is 2.36. The third-order valence-electron chi connectivity index (χ3n) is 5.11. The fourth-order valence-corrected chi connectivity index (χ4v) is 3.84. The standard InChI is InChI=1S/C21H22N4O2S/c1-3-13-9-16(19(27)11-18(13)26)20-23-24-21(28)25(20)15-8-7-14-6-4-5-12(2)22-17(14)10-15/h7-11,26-27H,3-6H2,1-2H3,(H,24,28). The molecule has 2 aromatic carbocycles. The molecule has 3 aromatic rings. The molecule has 0 spiro atoms. The van der Waals surface area contributed by atoms with Crippen LogP contribution in [0.2, 0.25) is 0 Å². The number of phenols is 2. The number of hydrogen-bond donors (Lipinski definition) is 3. The second-order valence-corrected chi connectivity index (χ2v) is 7.44. The summed E-state index contributed by atoms with van der Waals surface area (Å²) in [6.07, 6.45) is 3.73. The molecule has 28 heavy (non-hydrogen) atoms. The van der Waals surface area contributed by atoms with Gasteiger partial charge in [-0.15, -0.1) is 0 Å². The zero-order chi connectivity index (χ0) is 19.8. The third-order valence-corrected chi connectivity index (χ3v) is 5.39. The van der Waals surface area contributed by atoms with Gasteiger partial charge in [0.2, 0.25) is 0 Å². The minimum Gasteiger partial charge on any atom is -0.508 e. The summed E-state index contributed by atoms with van der Waals surface area (Å²) in [5.74, 6) is 0.513. The number of fused-ring (bicyclic) bond motifs is 1. The molecular formula is C21H22N4O2S. The van der Waals surface area contributed by atoms with E-state index in [2.05, 4.69) is 23.2 Å². The molecule has 0 amide bonds. The highest BCUT2D eigenvalue weighted by atomic mass is 32.1. The summed E-state index contributed by atoms with van der Waals surface area (Å²) in [6.45, 7) is 4.00. The van der Waals surface area contributed by atoms with Gasteiger partial charge in [0.25, 0.3) is 0 Å². The Labute approximate surface area is 168 Å². The van der Waals surface area contributed by atoms with Gasteiger partial charge < -0.3 is 10.2 Å². The van der Waals surface area contributed by atoms with Crippen molar-refractivity contribution < 1.29 is 10.2 Å². The Morgan fingerprint density at radius 3 is 2.75 bits per heavy atom. The molecule has 1 aromatic heterocycles. The Morgan fingerprint density at radius 2 is 1.96 bits per heavy atom. The summed E-state index contributed by atoms with van der Waals surface area (Å²) in [5.41, 5.74) is 5.36. The van der Waals surface area contributed by atoms with E-state index in [1.54, 1.807) is 10.6 Å². The van der Waals surface area contributed by atoms with Gasteiger partial charge in [-0.3, -0.25) is 14.7 Å². The van der Waals surface area contributed by atoms with Crippen molar-refractivity contribution in [1.82, 2.24) is 14.8 Å². The SMILES string of the molecule is CCc1cc(-c2n[nH]c(=S)n2-c2ccc3c(c2)N=C(C)CCC3)c(O)cc1O. The van der Waals surface area contributed by atoms with Gasteiger partial charge in [-0.1, -0.05) is 13.0 Å². The Morgan fingerprint density at radius 1 is 1.14 bits per heavy atom. The van der Waals surface area contributed by atoms with E-state index < -0.39 is 0 Å². The van der Waals surface area contributed by atoms with Gasteiger partial charge in [0.15, 0.2) is 10.6 Å². The second kappa shape index (κ2) is 7.24. The summed E-state index contributed by atoms with van der Waals surface area (Å²) in [7, 11) is 0. The van der Waals surface area contributed by atoms with Crippen molar-refractivity contribution in [2.75, 3.05) is 0 Å². The summed E-state index contributed by atoms with van der Waals surface area (Å²) < 4.78 is 2.21. The lowest BCUT2D eigenvalue weighted by molar-refractivity contribution is 0.447. The van der Waals surface area contributed by atoms with Gasteiger partial charge in [0.05, 0.1) is 16.9 Å². The molecule has 7 heteroatoms. The van der Waals surface area contributed by atoms with E-state index in [-0.39, 0.29) is 11.5 Å². The lowest BCUT2D eigenvalue weighted by Crippen LogP contribution is -1.99. The largest absolute Gasteiger partial charge is 0.508 e. The molecule has 0 saturated heterocycles. The number of nitrogens with zero attached hydrogens (tertiary/aromatic N) is 3. The number of aliphatic imine (C=N–C) groups is 1. The van der Waals surface area contributed by atoms with E-state index >= 15 is 0 Å². The molecule has 0 aliphatic carbocycles. The average molecular weight is 395 g/mol. The van der Waals surface area contributed by atoms with Crippen LogP contribution < -0.4 is 0 Å². The van der Waals surface area contributed by atoms with E-state index in [9.17, 15) is 10.2 Å². The number of phenolic OH excluding ortho intramolecular Hbond substituents is 2. The molecule has 0 fully saturated rings. The molecule has 1 aliphatic heterocycles. The van der Waals surface area contributed by atoms with Crippen LogP contribution in [-0.4, -0.2) is 30.7 Å². The maximum Gasteiger partial charge on any atom is 0.200 e. The van der Waals surface area contributed by atoms with Crippen LogP contribution in [0.15, 0.2) is 35.3 Å². The van der Waals surface area contributed by atoms with E-state index in [0.29, 0.717) is 22.6 Å². The van der Waals surface area contributed by atoms with Gasteiger partial charge >= 0.3 is 0 Å². The van der Waals surface area contributed by atoms with E-state index in [4.69, 9.17) is 17.2 Å². The van der Waals surface area contributed by atoms with E-state index in [0.717, 1.165) is 41.9 Å². The zero-order valence-electron chi connectivity index (χ0n) is 15.9. The third kappa shape index (κ3) is 3.22. The smallest absolute Gasteiger partial charge is 0.200 e. The quantitative estimate of drug-likeness (QED) is 0.546. The van der Waals surface area contributed by atoms with Crippen LogP contribution in [0, 0.1) is 4.77 Å². The normalized spacial score (nSPS) is 13.7. The minimum atomic E-state index is -0.0476. The number of nitrogens with one attached hydrogen (secondary N) is 1. The molecule has 0 unspecified atom stereocenters. The minimum absolute atomic E-state index is 0.0476. The van der Waals surface area contributed by atoms with Gasteiger partial charge in [-0.25, -0.2) is 0 Å². The van der Waals surface area contributed by atoms with Crippen LogP contribution in [-0.2, 0) is 12.8 Å². The van der Waals surface area contributed by atoms with Crippen LogP contribution in [0.25, 0.3) is 17.1 Å². The number of benzene rings is 2. The number of aromatic hydroxyl groups is 2. The number of rotatable bonds is 3. The first-order chi connectivity index (χ1) is 13.5. The van der Waals surface area contributed by atoms with E-state index in [1.165, 1.54) is 11.6 Å².